The van der Waals surface area contributed by atoms with Crippen LogP contribution in [0.2, 0.25) is 0 Å². The number of hydrogen-bond acceptors (Lipinski definition) is 37. The third-order valence-corrected chi connectivity index (χ3v) is 16.7. The van der Waals surface area contributed by atoms with E-state index in [2.05, 4.69) is 16.0 Å². The number of rotatable bonds is 24. The van der Waals surface area contributed by atoms with Crippen molar-refractivity contribution in [3.8, 4) is 0 Å². The summed E-state index contributed by atoms with van der Waals surface area (Å²) in [5, 5.41) is 235. The van der Waals surface area contributed by atoms with Gasteiger partial charge in [-0.15, -0.1) is 0 Å². The highest BCUT2D eigenvalue weighted by Crippen LogP contribution is 2.41. The largest absolute Gasteiger partial charge is 0.477 e. The van der Waals surface area contributed by atoms with Crippen molar-refractivity contribution in [2.75, 3.05) is 39.6 Å². The fourth-order valence-electron chi connectivity index (χ4n) is 11.7. The zero-order chi connectivity index (χ0) is 68.3. The summed E-state index contributed by atoms with van der Waals surface area (Å²) < 4.78 is 76.7. The Balaban J connectivity index is 1.24. The van der Waals surface area contributed by atoms with E-state index in [1.807, 2.05) is 0 Å². The van der Waals surface area contributed by atoms with Crippen LogP contribution in [0.15, 0.2) is 0 Å². The summed E-state index contributed by atoms with van der Waals surface area (Å²) in [7, 11) is 0. The van der Waals surface area contributed by atoms with E-state index < -0.39 is 290 Å². The zero-order valence-corrected chi connectivity index (χ0v) is 49.5. The van der Waals surface area contributed by atoms with E-state index >= 15 is 0 Å². The van der Waals surface area contributed by atoms with Crippen LogP contribution in [0.4, 0.5) is 0 Å². The molecule has 41 heteroatoms. The smallest absolute Gasteiger partial charge is 0.364 e. The van der Waals surface area contributed by atoms with Crippen molar-refractivity contribution >= 4 is 23.7 Å². The van der Waals surface area contributed by atoms with Gasteiger partial charge < -0.3 is 185 Å². The van der Waals surface area contributed by atoms with Gasteiger partial charge in [-0.05, 0) is 6.92 Å². The molecule has 24 N–H and O–H groups in total. The Morgan fingerprint density at radius 3 is 1.47 bits per heavy atom. The van der Waals surface area contributed by atoms with Gasteiger partial charge in [0.2, 0.25) is 17.7 Å². The first-order chi connectivity index (χ1) is 43.3. The van der Waals surface area contributed by atoms with Gasteiger partial charge in [0, 0.05) is 27.2 Å². The summed E-state index contributed by atoms with van der Waals surface area (Å²) >= 11 is 0. The normalized spacial score (nSPS) is 47.6. The van der Waals surface area contributed by atoms with Gasteiger partial charge in [0.25, 0.3) is 5.79 Å². The van der Waals surface area contributed by atoms with Crippen LogP contribution < -0.4 is 16.0 Å². The summed E-state index contributed by atoms with van der Waals surface area (Å²) in [4.78, 5) is 51.8. The molecule has 0 aromatic rings. The van der Waals surface area contributed by atoms with E-state index in [0.717, 1.165) is 20.8 Å². The molecule has 0 bridgehead atoms. The van der Waals surface area contributed by atoms with Gasteiger partial charge >= 0.3 is 5.97 Å². The molecule has 0 aromatic carbocycles. The Labute approximate surface area is 520 Å². The molecule has 1 unspecified atom stereocenters. The summed E-state index contributed by atoms with van der Waals surface area (Å²) in [6.45, 7) is -2.42. The lowest BCUT2D eigenvalue weighted by molar-refractivity contribution is -0.404. The molecule has 0 aliphatic carbocycles. The Bertz CT molecular complexity index is 2400. The third kappa shape index (κ3) is 16.4. The maximum absolute atomic E-state index is 13.4. The van der Waals surface area contributed by atoms with Crippen LogP contribution in [0.3, 0.4) is 0 Å². The Morgan fingerprint density at radius 2 is 0.924 bits per heavy atom. The van der Waals surface area contributed by atoms with Crippen molar-refractivity contribution in [1.82, 2.24) is 16.0 Å². The van der Waals surface area contributed by atoms with Gasteiger partial charge in [-0.25, -0.2) is 4.79 Å². The number of ether oxygens (including phenoxy) is 13. The molecule has 532 valence electrons. The first-order valence-electron chi connectivity index (χ1n) is 29.1. The van der Waals surface area contributed by atoms with Gasteiger partial charge in [-0.1, -0.05) is 0 Å². The second-order valence-electron chi connectivity index (χ2n) is 23.2. The fraction of sp³-hybridized carbons (Fsp3) is 0.922. The molecule has 7 aliphatic heterocycles. The van der Waals surface area contributed by atoms with E-state index in [4.69, 9.17) is 61.6 Å². The molecule has 0 aromatic heterocycles. The van der Waals surface area contributed by atoms with Crippen LogP contribution in [-0.2, 0) is 80.8 Å². The molecule has 7 aliphatic rings. The number of nitrogens with one attached hydrogen (secondary N) is 3. The molecule has 7 fully saturated rings. The predicted molar refractivity (Wildman–Crippen MR) is 282 cm³/mol. The van der Waals surface area contributed by atoms with Crippen LogP contribution in [-0.4, -0.2) is 391 Å². The molecule has 3 amide bonds. The summed E-state index contributed by atoms with van der Waals surface area (Å²) in [5.41, 5.74) is 0. The first kappa shape index (κ1) is 75.9. The van der Waals surface area contributed by atoms with Gasteiger partial charge in [0.1, 0.15) is 165 Å². The third-order valence-electron chi connectivity index (χ3n) is 16.7. The average Bonchev–Trinajstić information content (AvgIpc) is 0.763. The molecule has 7 saturated heterocycles. The van der Waals surface area contributed by atoms with E-state index in [9.17, 15) is 126 Å². The summed E-state index contributed by atoms with van der Waals surface area (Å²) in [6.07, 6.45) is -67.4. The fourth-order valence-corrected chi connectivity index (χ4v) is 11.7. The van der Waals surface area contributed by atoms with E-state index in [-0.39, 0.29) is 0 Å². The molecule has 0 saturated carbocycles. The van der Waals surface area contributed by atoms with E-state index in [1.165, 1.54) is 6.92 Å². The molecule has 0 radical (unpaired) electrons. The van der Waals surface area contributed by atoms with Crippen molar-refractivity contribution in [1.29, 1.82) is 0 Å². The van der Waals surface area contributed by atoms with Crippen molar-refractivity contribution in [3.05, 3.63) is 0 Å². The molecule has 0 spiro atoms. The van der Waals surface area contributed by atoms with Crippen LogP contribution in [0.5, 0.6) is 0 Å². The van der Waals surface area contributed by atoms with Gasteiger partial charge in [0.05, 0.1) is 51.8 Å². The monoisotopic (exact) mass is 1350 g/mol. The highest BCUT2D eigenvalue weighted by Gasteiger charge is 2.62. The zero-order valence-electron chi connectivity index (χ0n) is 49.5. The topological polar surface area (TPSA) is 649 Å². The second-order valence-corrected chi connectivity index (χ2v) is 23.2. The van der Waals surface area contributed by atoms with Crippen LogP contribution in [0, 0.1) is 0 Å². The highest BCUT2D eigenvalue weighted by molar-refractivity contribution is 5.76. The molecule has 36 atom stereocenters. The van der Waals surface area contributed by atoms with Crippen molar-refractivity contribution in [2.24, 2.45) is 0 Å². The lowest BCUT2D eigenvalue weighted by Gasteiger charge is -2.52. The Morgan fingerprint density at radius 1 is 0.467 bits per heavy atom. The number of amides is 3. The number of carboxylic acids is 1. The summed E-state index contributed by atoms with van der Waals surface area (Å²) in [6, 6.07) is -5.47. The Kier molecular flexibility index (Phi) is 26.6. The number of aliphatic hydroxyl groups is 20. The molecule has 7 heterocycles. The van der Waals surface area contributed by atoms with E-state index in [1.54, 1.807) is 0 Å². The number of carbonyl (C=O) groups is 4. The number of carboxylic acid groups (broad SMARTS) is 1. The quantitative estimate of drug-likeness (QED) is 0.0427. The molecule has 92 heavy (non-hydrogen) atoms. The van der Waals surface area contributed by atoms with Gasteiger partial charge in [0.15, 0.2) is 37.7 Å². The van der Waals surface area contributed by atoms with Gasteiger partial charge in [-0.2, -0.15) is 0 Å². The highest BCUT2D eigenvalue weighted by atomic mass is 16.8. The van der Waals surface area contributed by atoms with Crippen LogP contribution >= 0.6 is 0 Å². The standard InChI is InChI=1S/C51H85N3O38/c1-12-26(65)33(72)35(74)47(81-12)87-38-20(9-58)85-45(25(54-15(4)62)41(38)90-46-23(52-13(2)60)32(71)29(68)18(7-56)83-46)80-11-22-31(70)40(24(44(77)82-22)53-14(3)61)89-49-37(76)43(39(21(10-59)86-49)88-48-36(75)34(73)30(69)19(8-57)84-48)92-51(50(78)79)5-16(63)27(66)42(91-51)28(67)17(64)6-55/h12,16-49,55-59,63-77H,5-11H2,1-4H3,(H,52,60)(H,53,61)(H,54,62)(H,78,79)/t12-,16-,17+,18+,19+,20+,21+,22+,23+,24+,25+,26+,27+,28+,29+,30-,31-,32+,33+,34-,35-,36+,37+,38+,39-,40+,41+,42+,43+,44?,45+,46-,47-,48-,49-,51-/m0/s1. The van der Waals surface area contributed by atoms with E-state index in [0.29, 0.717) is 0 Å². The summed E-state index contributed by atoms with van der Waals surface area (Å²) in [5.74, 6) is -8.28. The lowest BCUT2D eigenvalue weighted by Crippen LogP contribution is -2.71. The minimum Gasteiger partial charge on any atom is -0.477 e. The predicted octanol–water partition coefficient (Wildman–Crippen LogP) is -15.6. The van der Waals surface area contributed by atoms with Gasteiger partial charge in [-0.3, -0.25) is 14.4 Å². The van der Waals surface area contributed by atoms with Crippen LogP contribution in [0.25, 0.3) is 0 Å². The number of aliphatic hydroxyl groups excluding tert-OH is 20. The maximum atomic E-state index is 13.4. The molecule has 7 rings (SSSR count). The van der Waals surface area contributed by atoms with Crippen molar-refractivity contribution in [3.63, 3.8) is 0 Å². The maximum Gasteiger partial charge on any atom is 0.364 e. The number of carbonyl (C=O) groups excluding carboxylic acids is 3. The average molecular weight is 1350 g/mol. The molecule has 41 nitrogen and oxygen atoms in total. The molecular formula is C51H85N3O38. The first-order valence-corrected chi connectivity index (χ1v) is 29.1. The SMILES string of the molecule is CC(=O)N[C@H]1[C@H](O[C@@H]2[C@@H](NC(C)=O)[C@H](OC[C@H]3OC(O)[C@H](NC(C)=O)[C@@H](O[C@@H]4O[C@H](CO)[C@H](O[C@@H]5O[C@H](CO)[C@H](O)[C@H](O)[C@H]5O)[C@H](O[C@]5(C(=O)O)C[C@H](O)[C@@H](O)[C@H]([C@H](O)[C@H](O)CO)O5)[C@H]4O)[C@H]3O)O[C@H](CO)[C@H]2O[C@@H]2O[C@@H](C)[C@@H](O)[C@@H](O)[C@@H]2O)O[C@H](CO)[C@@H](O)[C@@H]1O. The minimum absolute atomic E-state index is 0.823. The van der Waals surface area contributed by atoms with Crippen molar-refractivity contribution in [2.45, 2.75) is 254 Å². The Hall–Kier alpha value is -3.44. The number of hydrogen-bond donors (Lipinski definition) is 24. The van der Waals surface area contributed by atoms with Crippen molar-refractivity contribution < 1.29 is 188 Å². The van der Waals surface area contributed by atoms with Crippen LogP contribution in [0.1, 0.15) is 34.1 Å². The second kappa shape index (κ2) is 32.3. The lowest BCUT2D eigenvalue weighted by atomic mass is 9.90. The number of aliphatic carboxylic acids is 1. The molecular weight excluding hydrogens is 1260 g/mol. The minimum atomic E-state index is -3.40.